The molecule has 1 aliphatic heterocycles. The van der Waals surface area contributed by atoms with Gasteiger partial charge in [-0.2, -0.15) is 0 Å². The first-order valence-electron chi connectivity index (χ1n) is 7.71. The van der Waals surface area contributed by atoms with Gasteiger partial charge in [0.05, 0.1) is 13.2 Å². The predicted molar refractivity (Wildman–Crippen MR) is 78.2 cm³/mol. The Hall–Kier alpha value is -1.22. The topological polar surface area (TPSA) is 38.7 Å². The summed E-state index contributed by atoms with van der Waals surface area (Å²) < 4.78 is 11.6. The molecule has 1 fully saturated rings. The van der Waals surface area contributed by atoms with Gasteiger partial charge >= 0.3 is 0 Å². The third-order valence-corrected chi connectivity index (χ3v) is 5.07. The lowest BCUT2D eigenvalue weighted by molar-refractivity contribution is -0.0471. The second kappa shape index (κ2) is 5.28. The van der Waals surface area contributed by atoms with E-state index in [2.05, 4.69) is 6.92 Å². The number of aliphatic hydroxyl groups is 1. The van der Waals surface area contributed by atoms with E-state index in [1.807, 2.05) is 18.2 Å². The number of hydrogen-bond donors (Lipinski definition) is 1. The number of ether oxygens (including phenoxy) is 2. The maximum absolute atomic E-state index is 10.4. The summed E-state index contributed by atoms with van der Waals surface area (Å²) in [6, 6.07) is 5.71. The van der Waals surface area contributed by atoms with Crippen LogP contribution in [0.1, 0.15) is 57.1 Å². The minimum atomic E-state index is -0.414. The number of benzene rings is 1. The lowest BCUT2D eigenvalue weighted by Gasteiger charge is -2.45. The lowest BCUT2D eigenvalue weighted by atomic mass is 9.73. The molecular weight excluding hydrogens is 252 g/mol. The Kier molecular flexibility index (Phi) is 3.63. The van der Waals surface area contributed by atoms with Crippen LogP contribution >= 0.6 is 0 Å². The first kappa shape index (κ1) is 13.7. The summed E-state index contributed by atoms with van der Waals surface area (Å²) in [4.78, 5) is 0. The fourth-order valence-electron chi connectivity index (χ4n) is 3.66. The van der Waals surface area contributed by atoms with Crippen molar-refractivity contribution in [2.45, 2.75) is 57.2 Å². The molecule has 0 radical (unpaired) electrons. The Morgan fingerprint density at radius 2 is 2.10 bits per heavy atom. The second-order valence-electron chi connectivity index (χ2n) is 6.26. The van der Waals surface area contributed by atoms with Crippen LogP contribution in [0.25, 0.3) is 0 Å². The highest BCUT2D eigenvalue weighted by atomic mass is 16.5. The first-order chi connectivity index (χ1) is 9.65. The molecule has 1 heterocycles. The van der Waals surface area contributed by atoms with Crippen LogP contribution in [-0.4, -0.2) is 17.8 Å². The molecule has 1 spiro atoms. The zero-order valence-corrected chi connectivity index (χ0v) is 12.4. The molecular formula is C17H24O3. The van der Waals surface area contributed by atoms with Crippen LogP contribution in [0.4, 0.5) is 0 Å². The van der Waals surface area contributed by atoms with Crippen molar-refractivity contribution in [1.82, 2.24) is 0 Å². The highest BCUT2D eigenvalue weighted by Gasteiger charge is 2.42. The average molecular weight is 276 g/mol. The molecule has 1 saturated carbocycles. The van der Waals surface area contributed by atoms with E-state index in [9.17, 15) is 5.11 Å². The van der Waals surface area contributed by atoms with Crippen molar-refractivity contribution in [3.05, 3.63) is 23.8 Å². The number of rotatable bonds is 2. The quantitative estimate of drug-likeness (QED) is 0.891. The van der Waals surface area contributed by atoms with E-state index in [4.69, 9.17) is 9.47 Å². The highest BCUT2D eigenvalue weighted by molar-refractivity contribution is 5.44. The number of methoxy groups -OCH3 is 1. The summed E-state index contributed by atoms with van der Waals surface area (Å²) in [5.74, 6) is 2.42. The van der Waals surface area contributed by atoms with Gasteiger partial charge in [0.25, 0.3) is 0 Å². The molecule has 2 aliphatic rings. The minimum Gasteiger partial charge on any atom is -0.497 e. The largest absolute Gasteiger partial charge is 0.497 e. The molecule has 0 aromatic heterocycles. The average Bonchev–Trinajstić information content (AvgIpc) is 2.47. The highest BCUT2D eigenvalue weighted by Crippen LogP contribution is 2.48. The Morgan fingerprint density at radius 3 is 2.75 bits per heavy atom. The van der Waals surface area contributed by atoms with E-state index >= 15 is 0 Å². The van der Waals surface area contributed by atoms with Crippen molar-refractivity contribution in [2.75, 3.05) is 7.11 Å². The van der Waals surface area contributed by atoms with Crippen molar-refractivity contribution in [3.8, 4) is 11.5 Å². The molecule has 3 rings (SSSR count). The zero-order valence-electron chi connectivity index (χ0n) is 12.4. The fraction of sp³-hybridized carbons (Fsp3) is 0.647. The summed E-state index contributed by atoms with van der Waals surface area (Å²) in [6.07, 6.45) is 6.10. The second-order valence-corrected chi connectivity index (χ2v) is 6.26. The van der Waals surface area contributed by atoms with Crippen molar-refractivity contribution in [1.29, 1.82) is 0 Å². The smallest absolute Gasteiger partial charge is 0.129 e. The monoisotopic (exact) mass is 276 g/mol. The fourth-order valence-corrected chi connectivity index (χ4v) is 3.66. The lowest BCUT2D eigenvalue weighted by Crippen LogP contribution is -2.44. The number of aliphatic hydroxyl groups excluding tert-OH is 1. The Bertz CT molecular complexity index is 475. The molecule has 110 valence electrons. The summed E-state index contributed by atoms with van der Waals surface area (Å²) in [5.41, 5.74) is 0.735. The van der Waals surface area contributed by atoms with Gasteiger partial charge in [0.15, 0.2) is 0 Å². The standard InChI is InChI=1S/C17H24O3/c1-3-12-6-8-17(9-7-12)11-15(18)14-5-4-13(19-2)10-16(14)20-17/h4-5,10,12,15,18H,3,6-9,11H2,1-2H3/t12?,15-,17?/m1/s1. The zero-order chi connectivity index (χ0) is 14.2. The van der Waals surface area contributed by atoms with Gasteiger partial charge in [-0.05, 0) is 43.7 Å². The Labute approximate surface area is 120 Å². The van der Waals surface area contributed by atoms with E-state index in [-0.39, 0.29) is 5.60 Å². The van der Waals surface area contributed by atoms with Crippen LogP contribution in [0.2, 0.25) is 0 Å². The van der Waals surface area contributed by atoms with Crippen LogP contribution in [0.3, 0.4) is 0 Å². The SMILES string of the molecule is CCC1CCC2(CC1)C[C@@H](O)c1ccc(OC)cc1O2. The van der Waals surface area contributed by atoms with Gasteiger partial charge in [-0.1, -0.05) is 13.3 Å². The molecule has 3 nitrogen and oxygen atoms in total. The van der Waals surface area contributed by atoms with Gasteiger partial charge in [-0.15, -0.1) is 0 Å². The van der Waals surface area contributed by atoms with Crippen molar-refractivity contribution in [2.24, 2.45) is 5.92 Å². The Balaban J connectivity index is 1.84. The van der Waals surface area contributed by atoms with Crippen LogP contribution in [0.5, 0.6) is 11.5 Å². The van der Waals surface area contributed by atoms with Crippen molar-refractivity contribution in [3.63, 3.8) is 0 Å². The normalized spacial score (nSPS) is 32.5. The van der Waals surface area contributed by atoms with Gasteiger partial charge in [-0.3, -0.25) is 0 Å². The molecule has 1 N–H and O–H groups in total. The van der Waals surface area contributed by atoms with Gasteiger partial charge in [0.2, 0.25) is 0 Å². The summed E-state index contributed by atoms with van der Waals surface area (Å²) >= 11 is 0. The van der Waals surface area contributed by atoms with Gasteiger partial charge in [0, 0.05) is 18.1 Å². The van der Waals surface area contributed by atoms with E-state index in [1.54, 1.807) is 7.11 Å². The van der Waals surface area contributed by atoms with E-state index in [0.29, 0.717) is 0 Å². The predicted octanol–water partition coefficient (Wildman–Crippen LogP) is 3.85. The third kappa shape index (κ3) is 2.39. The summed E-state index contributed by atoms with van der Waals surface area (Å²) in [5, 5.41) is 10.4. The molecule has 20 heavy (non-hydrogen) atoms. The van der Waals surface area contributed by atoms with Gasteiger partial charge < -0.3 is 14.6 Å². The van der Waals surface area contributed by atoms with Crippen LogP contribution in [0.15, 0.2) is 18.2 Å². The van der Waals surface area contributed by atoms with Crippen molar-refractivity contribution < 1.29 is 14.6 Å². The third-order valence-electron chi connectivity index (χ3n) is 5.07. The molecule has 1 atom stereocenters. The van der Waals surface area contributed by atoms with E-state index in [0.717, 1.165) is 42.2 Å². The maximum atomic E-state index is 10.4. The molecule has 0 saturated heterocycles. The van der Waals surface area contributed by atoms with E-state index < -0.39 is 6.10 Å². The van der Waals surface area contributed by atoms with E-state index in [1.165, 1.54) is 19.3 Å². The first-order valence-corrected chi connectivity index (χ1v) is 7.71. The maximum Gasteiger partial charge on any atom is 0.129 e. The molecule has 3 heteroatoms. The summed E-state index contributed by atoms with van der Waals surface area (Å²) in [7, 11) is 1.66. The molecule has 1 aromatic rings. The molecule has 0 bridgehead atoms. The molecule has 1 aliphatic carbocycles. The van der Waals surface area contributed by atoms with Gasteiger partial charge in [-0.25, -0.2) is 0 Å². The van der Waals surface area contributed by atoms with Crippen LogP contribution in [0, 0.1) is 5.92 Å². The molecule has 0 amide bonds. The van der Waals surface area contributed by atoms with Gasteiger partial charge in [0.1, 0.15) is 17.1 Å². The Morgan fingerprint density at radius 1 is 1.35 bits per heavy atom. The number of hydrogen-bond acceptors (Lipinski definition) is 3. The summed E-state index contributed by atoms with van der Waals surface area (Å²) in [6.45, 7) is 2.26. The van der Waals surface area contributed by atoms with Crippen molar-refractivity contribution >= 4 is 0 Å². The molecule has 1 aromatic carbocycles. The van der Waals surface area contributed by atoms with Crippen LogP contribution in [-0.2, 0) is 0 Å². The number of fused-ring (bicyclic) bond motifs is 1. The van der Waals surface area contributed by atoms with Crippen LogP contribution < -0.4 is 9.47 Å². The minimum absolute atomic E-state index is 0.162. The molecule has 0 unspecified atom stereocenters.